The van der Waals surface area contributed by atoms with E-state index in [4.69, 9.17) is 10.5 Å². The quantitative estimate of drug-likeness (QED) is 0.845. The number of methoxy groups -OCH3 is 1. The second-order valence-electron chi connectivity index (χ2n) is 4.67. The van der Waals surface area contributed by atoms with Crippen molar-refractivity contribution < 1.29 is 4.74 Å². The summed E-state index contributed by atoms with van der Waals surface area (Å²) in [5.74, 6) is 1.97. The lowest BCUT2D eigenvalue weighted by molar-refractivity contribution is 0.415. The monoisotopic (exact) mass is 272 g/mol. The normalized spacial score (nSPS) is 11.9. The summed E-state index contributed by atoms with van der Waals surface area (Å²) in [7, 11) is 1.56. The average Bonchev–Trinajstić information content (AvgIpc) is 2.48. The van der Waals surface area contributed by atoms with Crippen LogP contribution < -0.4 is 15.8 Å². The molecule has 3 N–H and O–H groups in total. The van der Waals surface area contributed by atoms with Crippen molar-refractivity contribution in [3.8, 4) is 5.75 Å². The molecule has 2 aromatic rings. The molecule has 0 aliphatic heterocycles. The fourth-order valence-electron chi connectivity index (χ4n) is 2.07. The summed E-state index contributed by atoms with van der Waals surface area (Å²) in [5.41, 5.74) is 7.07. The van der Waals surface area contributed by atoms with Gasteiger partial charge in [-0.05, 0) is 17.9 Å². The first-order valence-corrected chi connectivity index (χ1v) is 6.65. The van der Waals surface area contributed by atoms with E-state index in [0.29, 0.717) is 23.3 Å². The standard InChI is InChI=1S/C15H20N4O/c1-11(12-6-4-3-5-7-12)8-9-17-15-13(20-2)14(16)18-10-19-15/h3-7,10-11H,8-9H2,1-2H3,(H3,16,17,18,19). The van der Waals surface area contributed by atoms with Crippen LogP contribution in [0.25, 0.3) is 0 Å². The molecule has 1 heterocycles. The Morgan fingerprint density at radius 2 is 2.00 bits per heavy atom. The number of nitrogens with zero attached hydrogens (tertiary/aromatic N) is 2. The number of hydrogen-bond donors (Lipinski definition) is 2. The van der Waals surface area contributed by atoms with Gasteiger partial charge in [0.05, 0.1) is 7.11 Å². The molecule has 0 spiro atoms. The number of benzene rings is 1. The van der Waals surface area contributed by atoms with Crippen molar-refractivity contribution >= 4 is 11.6 Å². The van der Waals surface area contributed by atoms with Gasteiger partial charge in [0, 0.05) is 6.54 Å². The lowest BCUT2D eigenvalue weighted by atomic mass is 9.98. The molecule has 0 fully saturated rings. The zero-order valence-electron chi connectivity index (χ0n) is 11.8. The minimum atomic E-state index is 0.348. The Kier molecular flexibility index (Phi) is 4.76. The predicted molar refractivity (Wildman–Crippen MR) is 81.0 cm³/mol. The van der Waals surface area contributed by atoms with Gasteiger partial charge in [0.25, 0.3) is 0 Å². The molecule has 0 amide bonds. The number of aromatic nitrogens is 2. The highest BCUT2D eigenvalue weighted by Gasteiger charge is 2.10. The Bertz CT molecular complexity index is 545. The number of nitrogens with two attached hydrogens (primary N) is 1. The van der Waals surface area contributed by atoms with Crippen molar-refractivity contribution in [3.05, 3.63) is 42.2 Å². The minimum absolute atomic E-state index is 0.348. The van der Waals surface area contributed by atoms with Gasteiger partial charge in [-0.2, -0.15) is 0 Å². The van der Waals surface area contributed by atoms with Gasteiger partial charge in [-0.1, -0.05) is 37.3 Å². The summed E-state index contributed by atoms with van der Waals surface area (Å²) in [6.07, 6.45) is 2.43. The first-order chi connectivity index (χ1) is 9.72. The number of hydrogen-bond acceptors (Lipinski definition) is 5. The molecule has 5 nitrogen and oxygen atoms in total. The van der Waals surface area contributed by atoms with Gasteiger partial charge in [-0.3, -0.25) is 0 Å². The molecule has 0 bridgehead atoms. The third-order valence-electron chi connectivity index (χ3n) is 3.27. The summed E-state index contributed by atoms with van der Waals surface area (Å²) in [4.78, 5) is 8.06. The fraction of sp³-hybridized carbons (Fsp3) is 0.333. The molecule has 1 aromatic carbocycles. The Balaban J connectivity index is 1.92. The number of nitrogen functional groups attached to an aromatic ring is 1. The van der Waals surface area contributed by atoms with Crippen LogP contribution in [0, 0.1) is 0 Å². The first kappa shape index (κ1) is 14.1. The zero-order chi connectivity index (χ0) is 14.4. The first-order valence-electron chi connectivity index (χ1n) is 6.65. The van der Waals surface area contributed by atoms with Gasteiger partial charge in [-0.15, -0.1) is 0 Å². The summed E-state index contributed by atoms with van der Waals surface area (Å²) >= 11 is 0. The maximum atomic E-state index is 5.74. The van der Waals surface area contributed by atoms with E-state index in [1.165, 1.54) is 11.9 Å². The van der Waals surface area contributed by atoms with Crippen LogP contribution in [0.5, 0.6) is 5.75 Å². The molecule has 1 atom stereocenters. The highest BCUT2D eigenvalue weighted by Crippen LogP contribution is 2.26. The molecule has 1 unspecified atom stereocenters. The van der Waals surface area contributed by atoms with E-state index in [0.717, 1.165) is 13.0 Å². The summed E-state index contributed by atoms with van der Waals surface area (Å²) in [6.45, 7) is 3.01. The van der Waals surface area contributed by atoms with Crippen molar-refractivity contribution in [1.82, 2.24) is 9.97 Å². The van der Waals surface area contributed by atoms with Crippen LogP contribution in [0.15, 0.2) is 36.7 Å². The summed E-state index contributed by atoms with van der Waals surface area (Å²) in [5, 5.41) is 3.25. The second-order valence-corrected chi connectivity index (χ2v) is 4.67. The minimum Gasteiger partial charge on any atom is -0.490 e. The number of anilines is 2. The summed E-state index contributed by atoms with van der Waals surface area (Å²) in [6, 6.07) is 10.5. The Labute approximate surface area is 119 Å². The molecule has 1 aromatic heterocycles. The zero-order valence-corrected chi connectivity index (χ0v) is 11.8. The third-order valence-corrected chi connectivity index (χ3v) is 3.27. The van der Waals surface area contributed by atoms with E-state index < -0.39 is 0 Å². The molecule has 2 rings (SSSR count). The van der Waals surface area contributed by atoms with Gasteiger partial charge in [0.2, 0.25) is 5.75 Å². The Morgan fingerprint density at radius 1 is 1.25 bits per heavy atom. The number of ether oxygens (including phenoxy) is 1. The van der Waals surface area contributed by atoms with Gasteiger partial charge in [-0.25, -0.2) is 9.97 Å². The SMILES string of the molecule is COc1c(N)ncnc1NCCC(C)c1ccccc1. The largest absolute Gasteiger partial charge is 0.490 e. The van der Waals surface area contributed by atoms with E-state index in [1.807, 2.05) is 6.07 Å². The predicted octanol–water partition coefficient (Wildman–Crippen LogP) is 2.67. The molecule has 0 aliphatic carbocycles. The van der Waals surface area contributed by atoms with Crippen molar-refractivity contribution in [2.24, 2.45) is 0 Å². The van der Waals surface area contributed by atoms with Crippen LogP contribution in [0.4, 0.5) is 11.6 Å². The van der Waals surface area contributed by atoms with E-state index in [1.54, 1.807) is 7.11 Å². The molecule has 0 radical (unpaired) electrons. The maximum absolute atomic E-state index is 5.74. The molecule has 0 saturated heterocycles. The van der Waals surface area contributed by atoms with E-state index in [-0.39, 0.29) is 0 Å². The van der Waals surface area contributed by atoms with Gasteiger partial charge < -0.3 is 15.8 Å². The van der Waals surface area contributed by atoms with Crippen LogP contribution in [0.3, 0.4) is 0 Å². The van der Waals surface area contributed by atoms with Crippen molar-refractivity contribution in [1.29, 1.82) is 0 Å². The molecule has 0 aliphatic rings. The molecule has 106 valence electrons. The van der Waals surface area contributed by atoms with Crippen LogP contribution in [0.1, 0.15) is 24.8 Å². The van der Waals surface area contributed by atoms with Crippen LogP contribution >= 0.6 is 0 Å². The lowest BCUT2D eigenvalue weighted by Gasteiger charge is -2.14. The van der Waals surface area contributed by atoms with Crippen LogP contribution in [-0.2, 0) is 0 Å². The van der Waals surface area contributed by atoms with E-state index in [9.17, 15) is 0 Å². The second kappa shape index (κ2) is 6.75. The third kappa shape index (κ3) is 3.38. The topological polar surface area (TPSA) is 73.1 Å². The van der Waals surface area contributed by atoms with Crippen molar-refractivity contribution in [2.75, 3.05) is 24.7 Å². The van der Waals surface area contributed by atoms with Gasteiger partial charge >= 0.3 is 0 Å². The highest BCUT2D eigenvalue weighted by atomic mass is 16.5. The molecule has 20 heavy (non-hydrogen) atoms. The Hall–Kier alpha value is -2.30. The van der Waals surface area contributed by atoms with Gasteiger partial charge in [0.1, 0.15) is 6.33 Å². The van der Waals surface area contributed by atoms with Crippen LogP contribution in [-0.4, -0.2) is 23.6 Å². The molecule has 5 heteroatoms. The van der Waals surface area contributed by atoms with Crippen LogP contribution in [0.2, 0.25) is 0 Å². The molecular weight excluding hydrogens is 252 g/mol. The Morgan fingerprint density at radius 3 is 2.70 bits per heavy atom. The van der Waals surface area contributed by atoms with Crippen molar-refractivity contribution in [2.45, 2.75) is 19.3 Å². The number of nitrogens with one attached hydrogen (secondary N) is 1. The van der Waals surface area contributed by atoms with E-state index in [2.05, 4.69) is 46.5 Å². The highest BCUT2D eigenvalue weighted by molar-refractivity contribution is 5.61. The molecule has 0 saturated carbocycles. The summed E-state index contributed by atoms with van der Waals surface area (Å²) < 4.78 is 5.21. The fourth-order valence-corrected chi connectivity index (χ4v) is 2.07. The lowest BCUT2D eigenvalue weighted by Crippen LogP contribution is -2.09. The maximum Gasteiger partial charge on any atom is 0.203 e. The van der Waals surface area contributed by atoms with Gasteiger partial charge in [0.15, 0.2) is 11.6 Å². The molecular formula is C15H20N4O. The smallest absolute Gasteiger partial charge is 0.203 e. The van der Waals surface area contributed by atoms with E-state index >= 15 is 0 Å². The number of rotatable bonds is 6. The average molecular weight is 272 g/mol. The van der Waals surface area contributed by atoms with Crippen molar-refractivity contribution in [3.63, 3.8) is 0 Å².